The van der Waals surface area contributed by atoms with Crippen LogP contribution in [-0.4, -0.2) is 18.4 Å². The van der Waals surface area contributed by atoms with Crippen LogP contribution in [0.5, 0.6) is 0 Å². The fraction of sp³-hybridized carbons (Fsp3) is 0.933. The summed E-state index contributed by atoms with van der Waals surface area (Å²) in [6.45, 7) is 5.72. The summed E-state index contributed by atoms with van der Waals surface area (Å²) in [6.07, 6.45) is 8.21. The Labute approximate surface area is 106 Å². The van der Waals surface area contributed by atoms with Crippen molar-refractivity contribution in [3.63, 3.8) is 0 Å². The lowest BCUT2D eigenvalue weighted by Gasteiger charge is -2.35. The van der Waals surface area contributed by atoms with Crippen molar-refractivity contribution < 1.29 is 4.79 Å². The lowest BCUT2D eigenvalue weighted by molar-refractivity contribution is -0.127. The molecule has 98 valence electrons. The molecule has 0 spiro atoms. The van der Waals surface area contributed by atoms with Crippen LogP contribution in [0, 0.1) is 17.8 Å². The third-order valence-electron chi connectivity index (χ3n) is 4.76. The van der Waals surface area contributed by atoms with E-state index in [1.54, 1.807) is 0 Å². The van der Waals surface area contributed by atoms with Crippen molar-refractivity contribution in [3.05, 3.63) is 0 Å². The van der Waals surface area contributed by atoms with Crippen molar-refractivity contribution in [1.29, 1.82) is 0 Å². The zero-order chi connectivity index (χ0) is 12.3. The van der Waals surface area contributed by atoms with Gasteiger partial charge in [0.05, 0.1) is 0 Å². The van der Waals surface area contributed by atoms with Gasteiger partial charge in [0.1, 0.15) is 5.78 Å². The van der Waals surface area contributed by atoms with Gasteiger partial charge >= 0.3 is 0 Å². The monoisotopic (exact) mass is 237 g/mol. The average molecular weight is 237 g/mol. The van der Waals surface area contributed by atoms with Crippen molar-refractivity contribution in [1.82, 2.24) is 5.32 Å². The Morgan fingerprint density at radius 1 is 1.18 bits per heavy atom. The minimum absolute atomic E-state index is 0.314. The first-order valence-corrected chi connectivity index (χ1v) is 7.44. The third kappa shape index (κ3) is 3.31. The Morgan fingerprint density at radius 3 is 2.76 bits per heavy atom. The van der Waals surface area contributed by atoms with Crippen LogP contribution in [0.25, 0.3) is 0 Å². The highest BCUT2D eigenvalue weighted by atomic mass is 16.1. The Morgan fingerprint density at radius 2 is 2.00 bits per heavy atom. The first kappa shape index (κ1) is 13.1. The highest BCUT2D eigenvalue weighted by molar-refractivity contribution is 5.82. The van der Waals surface area contributed by atoms with Crippen LogP contribution in [0.15, 0.2) is 0 Å². The van der Waals surface area contributed by atoms with Crippen LogP contribution in [0.2, 0.25) is 0 Å². The summed E-state index contributed by atoms with van der Waals surface area (Å²) < 4.78 is 0. The van der Waals surface area contributed by atoms with E-state index in [1.807, 2.05) is 0 Å². The van der Waals surface area contributed by atoms with Gasteiger partial charge in [-0.05, 0) is 44.1 Å². The lowest BCUT2D eigenvalue weighted by Crippen LogP contribution is -2.43. The van der Waals surface area contributed by atoms with E-state index in [4.69, 9.17) is 0 Å². The number of carbonyl (C=O) groups excluding carboxylic acids is 1. The molecule has 1 heterocycles. The van der Waals surface area contributed by atoms with Gasteiger partial charge in [0.2, 0.25) is 0 Å². The van der Waals surface area contributed by atoms with E-state index in [-0.39, 0.29) is 0 Å². The quantitative estimate of drug-likeness (QED) is 0.799. The summed E-state index contributed by atoms with van der Waals surface area (Å²) in [6, 6.07) is 0.478. The lowest BCUT2D eigenvalue weighted by atomic mass is 9.72. The van der Waals surface area contributed by atoms with Gasteiger partial charge in [-0.3, -0.25) is 4.79 Å². The van der Waals surface area contributed by atoms with Gasteiger partial charge in [-0.25, -0.2) is 0 Å². The van der Waals surface area contributed by atoms with Crippen LogP contribution >= 0.6 is 0 Å². The zero-order valence-electron chi connectivity index (χ0n) is 11.4. The van der Waals surface area contributed by atoms with E-state index in [1.165, 1.54) is 25.7 Å². The molecule has 1 N–H and O–H groups in total. The number of hydrogen-bond acceptors (Lipinski definition) is 2. The second-order valence-electron chi connectivity index (χ2n) is 6.26. The molecule has 1 saturated carbocycles. The molecule has 2 heteroatoms. The molecule has 0 aromatic carbocycles. The minimum atomic E-state index is 0.314. The molecule has 2 aliphatic rings. The fourth-order valence-electron chi connectivity index (χ4n) is 3.48. The molecule has 2 rings (SSSR count). The maximum atomic E-state index is 12.1. The maximum absolute atomic E-state index is 12.1. The van der Waals surface area contributed by atoms with E-state index < -0.39 is 0 Å². The molecule has 17 heavy (non-hydrogen) atoms. The molecular formula is C15H27NO. The summed E-state index contributed by atoms with van der Waals surface area (Å²) in [5.74, 6) is 2.34. The number of rotatable bonds is 2. The number of ketones is 1. The summed E-state index contributed by atoms with van der Waals surface area (Å²) in [4.78, 5) is 12.1. The molecule has 2 fully saturated rings. The molecule has 0 radical (unpaired) electrons. The van der Waals surface area contributed by atoms with E-state index in [0.717, 1.165) is 37.6 Å². The van der Waals surface area contributed by atoms with E-state index in [0.29, 0.717) is 17.7 Å². The molecule has 3 unspecified atom stereocenters. The second-order valence-corrected chi connectivity index (χ2v) is 6.26. The molecule has 3 atom stereocenters. The summed E-state index contributed by atoms with van der Waals surface area (Å²) >= 11 is 0. The topological polar surface area (TPSA) is 29.1 Å². The maximum Gasteiger partial charge on any atom is 0.137 e. The van der Waals surface area contributed by atoms with E-state index >= 15 is 0 Å². The van der Waals surface area contributed by atoms with Crippen LogP contribution in [0.3, 0.4) is 0 Å². The Balaban J connectivity index is 1.98. The van der Waals surface area contributed by atoms with Crippen molar-refractivity contribution >= 4 is 5.78 Å². The smallest absolute Gasteiger partial charge is 0.137 e. The van der Waals surface area contributed by atoms with Crippen LogP contribution in [0.1, 0.15) is 58.8 Å². The third-order valence-corrected chi connectivity index (χ3v) is 4.76. The zero-order valence-corrected chi connectivity index (χ0v) is 11.4. The Hall–Kier alpha value is -0.370. The predicted octanol–water partition coefficient (Wildman–Crippen LogP) is 3.16. The summed E-state index contributed by atoms with van der Waals surface area (Å²) in [5, 5.41) is 3.62. The Kier molecular flexibility index (Phi) is 4.61. The van der Waals surface area contributed by atoms with Gasteiger partial charge < -0.3 is 5.32 Å². The molecule has 0 aromatic rings. The molecule has 1 aliphatic carbocycles. The van der Waals surface area contributed by atoms with Crippen LogP contribution < -0.4 is 5.32 Å². The van der Waals surface area contributed by atoms with Gasteiger partial charge in [0.15, 0.2) is 0 Å². The first-order chi connectivity index (χ1) is 8.18. The number of nitrogens with one attached hydrogen (secondary N) is 1. The minimum Gasteiger partial charge on any atom is -0.313 e. The van der Waals surface area contributed by atoms with Crippen molar-refractivity contribution in [3.8, 4) is 0 Å². The fourth-order valence-corrected chi connectivity index (χ4v) is 3.48. The van der Waals surface area contributed by atoms with Crippen molar-refractivity contribution in [2.24, 2.45) is 17.8 Å². The molecule has 0 aromatic heterocycles. The first-order valence-electron chi connectivity index (χ1n) is 7.44. The molecular weight excluding hydrogens is 210 g/mol. The van der Waals surface area contributed by atoms with Gasteiger partial charge in [-0.2, -0.15) is 0 Å². The average Bonchev–Trinajstić information content (AvgIpc) is 2.58. The summed E-state index contributed by atoms with van der Waals surface area (Å²) in [5.41, 5.74) is 0. The molecule has 0 amide bonds. The SMILES string of the molecule is CC(C)C1CCC(=O)C(C2CCCCCN2)C1. The summed E-state index contributed by atoms with van der Waals surface area (Å²) in [7, 11) is 0. The molecule has 1 aliphatic heterocycles. The van der Waals surface area contributed by atoms with Crippen LogP contribution in [0.4, 0.5) is 0 Å². The highest BCUT2D eigenvalue weighted by Crippen LogP contribution is 2.34. The van der Waals surface area contributed by atoms with Crippen molar-refractivity contribution in [2.75, 3.05) is 6.54 Å². The van der Waals surface area contributed by atoms with Gasteiger partial charge in [0, 0.05) is 18.4 Å². The standard InChI is InChI=1S/C15H27NO/c1-11(2)12-7-8-15(17)13(10-12)14-6-4-3-5-9-16-14/h11-14,16H,3-10H2,1-2H3. The predicted molar refractivity (Wildman–Crippen MR) is 70.9 cm³/mol. The molecule has 2 nitrogen and oxygen atoms in total. The molecule has 1 saturated heterocycles. The Bertz CT molecular complexity index is 254. The largest absolute Gasteiger partial charge is 0.313 e. The van der Waals surface area contributed by atoms with E-state index in [9.17, 15) is 4.79 Å². The number of hydrogen-bond donors (Lipinski definition) is 1. The number of Topliss-reactive ketones (excluding diaryl/α,β-unsaturated/α-hetero) is 1. The van der Waals surface area contributed by atoms with Gasteiger partial charge in [0.25, 0.3) is 0 Å². The van der Waals surface area contributed by atoms with Crippen molar-refractivity contribution in [2.45, 2.75) is 64.8 Å². The second kappa shape index (κ2) is 5.99. The van der Waals surface area contributed by atoms with E-state index in [2.05, 4.69) is 19.2 Å². The van der Waals surface area contributed by atoms with Gasteiger partial charge in [-0.1, -0.05) is 26.7 Å². The van der Waals surface area contributed by atoms with Crippen LogP contribution in [-0.2, 0) is 4.79 Å². The number of carbonyl (C=O) groups is 1. The van der Waals surface area contributed by atoms with Gasteiger partial charge in [-0.15, -0.1) is 0 Å². The molecule has 0 bridgehead atoms. The highest BCUT2D eigenvalue weighted by Gasteiger charge is 2.35. The normalized spacial score (nSPS) is 35.9.